The van der Waals surface area contributed by atoms with Crippen LogP contribution in [-0.4, -0.2) is 26.3 Å². The van der Waals surface area contributed by atoms with Crippen LogP contribution in [0.5, 0.6) is 0 Å². The molecular weight excluding hydrogens is 132 g/mol. The van der Waals surface area contributed by atoms with Gasteiger partial charge in [-0.05, 0) is 0 Å². The summed E-state index contributed by atoms with van der Waals surface area (Å²) in [5.41, 5.74) is 0. The molecule has 0 spiro atoms. The Labute approximate surface area is 59.3 Å². The quantitative estimate of drug-likeness (QED) is 0.485. The Bertz CT molecular complexity index is 156. The molecule has 1 aliphatic carbocycles. The minimum atomic E-state index is -0.0571. The van der Waals surface area contributed by atoms with Crippen molar-refractivity contribution in [2.75, 3.05) is 20.3 Å². The Balaban J connectivity index is 1.94. The highest BCUT2D eigenvalue weighted by Gasteiger charge is 2.58. The zero-order chi connectivity index (χ0) is 7.14. The van der Waals surface area contributed by atoms with Gasteiger partial charge in [0.15, 0.2) is 0 Å². The highest BCUT2D eigenvalue weighted by Crippen LogP contribution is 2.51. The standard InChI is InChI=1S/C7H10O3/c1-9-7(8)6-4-2-10-3-5(4)6/h4-6H,2-3H2,1H3/t4-,5+,6?. The van der Waals surface area contributed by atoms with Crippen molar-refractivity contribution in [2.24, 2.45) is 17.8 Å². The average Bonchev–Trinajstić information content (AvgIpc) is 2.43. The molecule has 56 valence electrons. The molecule has 0 aromatic heterocycles. The molecule has 2 fully saturated rings. The Morgan fingerprint density at radius 1 is 1.50 bits per heavy atom. The fraction of sp³-hybridized carbons (Fsp3) is 0.857. The highest BCUT2D eigenvalue weighted by molar-refractivity contribution is 5.76. The molecule has 1 saturated carbocycles. The van der Waals surface area contributed by atoms with Gasteiger partial charge in [0.05, 0.1) is 26.2 Å². The maximum atomic E-state index is 10.9. The fourth-order valence-electron chi connectivity index (χ4n) is 1.73. The van der Waals surface area contributed by atoms with Crippen LogP contribution in [0.2, 0.25) is 0 Å². The predicted molar refractivity (Wildman–Crippen MR) is 33.3 cm³/mol. The van der Waals surface area contributed by atoms with E-state index in [4.69, 9.17) is 4.74 Å². The van der Waals surface area contributed by atoms with E-state index in [1.165, 1.54) is 7.11 Å². The van der Waals surface area contributed by atoms with Gasteiger partial charge in [-0.2, -0.15) is 0 Å². The van der Waals surface area contributed by atoms with Gasteiger partial charge in [0.1, 0.15) is 0 Å². The summed E-state index contributed by atoms with van der Waals surface area (Å²) >= 11 is 0. The molecule has 10 heavy (non-hydrogen) atoms. The van der Waals surface area contributed by atoms with E-state index in [0.717, 1.165) is 13.2 Å². The first-order chi connectivity index (χ1) is 4.84. The van der Waals surface area contributed by atoms with E-state index in [1.54, 1.807) is 0 Å². The largest absolute Gasteiger partial charge is 0.469 e. The van der Waals surface area contributed by atoms with Crippen LogP contribution in [0.15, 0.2) is 0 Å². The van der Waals surface area contributed by atoms with E-state index < -0.39 is 0 Å². The van der Waals surface area contributed by atoms with Crippen LogP contribution in [0.1, 0.15) is 0 Å². The number of esters is 1. The summed E-state index contributed by atoms with van der Waals surface area (Å²) in [6.07, 6.45) is 0. The number of methoxy groups -OCH3 is 1. The Morgan fingerprint density at radius 3 is 2.60 bits per heavy atom. The van der Waals surface area contributed by atoms with Crippen molar-refractivity contribution >= 4 is 5.97 Å². The molecule has 0 aromatic carbocycles. The SMILES string of the molecule is COC(=O)C1[C@H]2COC[C@@H]12. The van der Waals surface area contributed by atoms with E-state index in [1.807, 2.05) is 0 Å². The molecule has 0 bridgehead atoms. The Kier molecular flexibility index (Phi) is 1.20. The third kappa shape index (κ3) is 0.669. The van der Waals surface area contributed by atoms with E-state index in [2.05, 4.69) is 4.74 Å². The number of hydrogen-bond donors (Lipinski definition) is 0. The normalized spacial score (nSPS) is 42.7. The van der Waals surface area contributed by atoms with Crippen molar-refractivity contribution in [3.05, 3.63) is 0 Å². The van der Waals surface area contributed by atoms with Crippen LogP contribution in [0.3, 0.4) is 0 Å². The van der Waals surface area contributed by atoms with Crippen molar-refractivity contribution in [2.45, 2.75) is 0 Å². The van der Waals surface area contributed by atoms with E-state index in [-0.39, 0.29) is 11.9 Å². The number of carbonyl (C=O) groups excluding carboxylic acids is 1. The molecule has 0 aromatic rings. The van der Waals surface area contributed by atoms with Gasteiger partial charge in [-0.3, -0.25) is 4.79 Å². The lowest BCUT2D eigenvalue weighted by Crippen LogP contribution is -2.10. The van der Waals surface area contributed by atoms with Gasteiger partial charge in [-0.15, -0.1) is 0 Å². The van der Waals surface area contributed by atoms with Crippen LogP contribution >= 0.6 is 0 Å². The van der Waals surface area contributed by atoms with Crippen molar-refractivity contribution in [3.8, 4) is 0 Å². The summed E-state index contributed by atoms with van der Waals surface area (Å²) in [6.45, 7) is 1.51. The maximum absolute atomic E-state index is 10.9. The van der Waals surface area contributed by atoms with Gasteiger partial charge in [0.25, 0.3) is 0 Å². The Hall–Kier alpha value is -0.570. The summed E-state index contributed by atoms with van der Waals surface area (Å²) in [5, 5.41) is 0. The predicted octanol–water partition coefficient (Wildman–Crippen LogP) is 0.0518. The van der Waals surface area contributed by atoms with Crippen LogP contribution in [0, 0.1) is 17.8 Å². The molecule has 2 aliphatic rings. The lowest BCUT2D eigenvalue weighted by atomic mass is 10.3. The van der Waals surface area contributed by atoms with Gasteiger partial charge in [-0.25, -0.2) is 0 Å². The van der Waals surface area contributed by atoms with E-state index in [0.29, 0.717) is 11.8 Å². The van der Waals surface area contributed by atoms with Crippen molar-refractivity contribution < 1.29 is 14.3 Å². The first-order valence-corrected chi connectivity index (χ1v) is 3.50. The molecule has 0 radical (unpaired) electrons. The van der Waals surface area contributed by atoms with E-state index in [9.17, 15) is 4.79 Å². The highest BCUT2D eigenvalue weighted by atomic mass is 16.5. The molecule has 1 aliphatic heterocycles. The number of fused-ring (bicyclic) bond motifs is 1. The molecule has 3 nitrogen and oxygen atoms in total. The molecule has 0 N–H and O–H groups in total. The first kappa shape index (κ1) is 6.16. The lowest BCUT2D eigenvalue weighted by Gasteiger charge is -2.00. The van der Waals surface area contributed by atoms with Crippen molar-refractivity contribution in [1.29, 1.82) is 0 Å². The third-order valence-corrected chi connectivity index (χ3v) is 2.43. The number of carbonyl (C=O) groups is 1. The van der Waals surface area contributed by atoms with Gasteiger partial charge < -0.3 is 9.47 Å². The van der Waals surface area contributed by atoms with Crippen LogP contribution in [0.4, 0.5) is 0 Å². The second-order valence-electron chi connectivity index (χ2n) is 2.91. The fourth-order valence-corrected chi connectivity index (χ4v) is 1.73. The second-order valence-corrected chi connectivity index (χ2v) is 2.91. The van der Waals surface area contributed by atoms with Gasteiger partial charge in [0.2, 0.25) is 0 Å². The molecule has 1 unspecified atom stereocenters. The molecule has 0 amide bonds. The van der Waals surface area contributed by atoms with Crippen LogP contribution in [0.25, 0.3) is 0 Å². The number of ether oxygens (including phenoxy) is 2. The third-order valence-electron chi connectivity index (χ3n) is 2.43. The number of hydrogen-bond acceptors (Lipinski definition) is 3. The van der Waals surface area contributed by atoms with Crippen molar-refractivity contribution in [1.82, 2.24) is 0 Å². The Morgan fingerprint density at radius 2 is 2.10 bits per heavy atom. The summed E-state index contributed by atoms with van der Waals surface area (Å²) in [7, 11) is 1.44. The second kappa shape index (κ2) is 1.95. The van der Waals surface area contributed by atoms with Gasteiger partial charge >= 0.3 is 5.97 Å². The summed E-state index contributed by atoms with van der Waals surface area (Å²) < 4.78 is 9.74. The zero-order valence-corrected chi connectivity index (χ0v) is 5.87. The zero-order valence-electron chi connectivity index (χ0n) is 5.87. The van der Waals surface area contributed by atoms with E-state index >= 15 is 0 Å². The number of rotatable bonds is 1. The van der Waals surface area contributed by atoms with Gasteiger partial charge in [0, 0.05) is 11.8 Å². The first-order valence-electron chi connectivity index (χ1n) is 3.50. The molecule has 1 heterocycles. The molecule has 1 saturated heterocycles. The van der Waals surface area contributed by atoms with Crippen LogP contribution in [-0.2, 0) is 14.3 Å². The molecule has 3 atom stereocenters. The smallest absolute Gasteiger partial charge is 0.309 e. The minimum absolute atomic E-state index is 0.0571. The average molecular weight is 142 g/mol. The molecular formula is C7H10O3. The topological polar surface area (TPSA) is 35.5 Å². The summed E-state index contributed by atoms with van der Waals surface area (Å²) in [4.78, 5) is 10.9. The van der Waals surface area contributed by atoms with Crippen molar-refractivity contribution in [3.63, 3.8) is 0 Å². The summed E-state index contributed by atoms with van der Waals surface area (Å²) in [6, 6.07) is 0. The summed E-state index contributed by atoms with van der Waals surface area (Å²) in [5.74, 6) is 1.07. The maximum Gasteiger partial charge on any atom is 0.309 e. The van der Waals surface area contributed by atoms with Crippen LogP contribution < -0.4 is 0 Å². The minimum Gasteiger partial charge on any atom is -0.469 e. The lowest BCUT2D eigenvalue weighted by molar-refractivity contribution is -0.143. The monoisotopic (exact) mass is 142 g/mol. The molecule has 2 rings (SSSR count). The molecule has 3 heteroatoms. The van der Waals surface area contributed by atoms with Gasteiger partial charge in [-0.1, -0.05) is 0 Å².